The lowest BCUT2D eigenvalue weighted by atomic mass is 9.95. The monoisotopic (exact) mass is 471 g/mol. The van der Waals surface area contributed by atoms with Crippen molar-refractivity contribution in [3.8, 4) is 0 Å². The number of halogens is 3. The number of nitrogens with zero attached hydrogens (tertiary/aromatic N) is 4. The Morgan fingerprint density at radius 3 is 2.50 bits per heavy atom. The molecule has 176 valence electrons. The molecule has 1 amide bonds. The van der Waals surface area contributed by atoms with Gasteiger partial charge in [0.25, 0.3) is 0 Å². The highest BCUT2D eigenvalue weighted by atomic mass is 19.1. The second-order valence-corrected chi connectivity index (χ2v) is 7.44. The molecule has 1 aliphatic heterocycles. The van der Waals surface area contributed by atoms with Crippen LogP contribution in [-0.2, 0) is 14.3 Å². The Hall–Kier alpha value is -4.15. The standard InChI is InChI=1S/C23H20F3N5O3/c1-3-34-22(33)20-13(2)30(11-19(32)29-18-10-16(25)8-9-17(18)26)23-27-12-28-31(23)21(20)14-4-6-15(24)7-5-14/h4-10,12,21H,3,11H2,1-2H3,(H,29,32)/t21-/m1/s1. The molecule has 0 radical (unpaired) electrons. The van der Waals surface area contributed by atoms with Gasteiger partial charge in [-0.1, -0.05) is 12.1 Å². The van der Waals surface area contributed by atoms with Crippen LogP contribution in [-0.4, -0.2) is 39.8 Å². The van der Waals surface area contributed by atoms with Gasteiger partial charge in [0.05, 0.1) is 17.9 Å². The van der Waals surface area contributed by atoms with Crippen molar-refractivity contribution >= 4 is 23.5 Å². The third-order valence-corrected chi connectivity index (χ3v) is 5.29. The fourth-order valence-electron chi connectivity index (χ4n) is 3.77. The fraction of sp³-hybridized carbons (Fsp3) is 0.217. The summed E-state index contributed by atoms with van der Waals surface area (Å²) in [7, 11) is 0. The number of allylic oxidation sites excluding steroid dienone is 1. The lowest BCUT2D eigenvalue weighted by Crippen LogP contribution is -2.41. The molecule has 1 atom stereocenters. The summed E-state index contributed by atoms with van der Waals surface area (Å²) in [6, 6.07) is 7.49. The van der Waals surface area contributed by atoms with E-state index >= 15 is 0 Å². The van der Waals surface area contributed by atoms with E-state index in [2.05, 4.69) is 15.4 Å². The summed E-state index contributed by atoms with van der Waals surface area (Å²) in [6.45, 7) is 3.00. The summed E-state index contributed by atoms with van der Waals surface area (Å²) >= 11 is 0. The predicted octanol–water partition coefficient (Wildman–Crippen LogP) is 3.58. The number of hydrogen-bond acceptors (Lipinski definition) is 6. The Balaban J connectivity index is 1.73. The molecular weight excluding hydrogens is 451 g/mol. The second kappa shape index (κ2) is 9.38. The van der Waals surface area contributed by atoms with Gasteiger partial charge in [0.1, 0.15) is 36.4 Å². The molecule has 0 aliphatic carbocycles. The Morgan fingerprint density at radius 2 is 1.79 bits per heavy atom. The molecule has 3 aromatic rings. The van der Waals surface area contributed by atoms with Gasteiger partial charge in [0.2, 0.25) is 11.9 Å². The maximum Gasteiger partial charge on any atom is 0.338 e. The average molecular weight is 471 g/mol. The largest absolute Gasteiger partial charge is 0.463 e. The zero-order valence-electron chi connectivity index (χ0n) is 18.3. The number of carbonyl (C=O) groups is 2. The number of rotatable bonds is 6. The van der Waals surface area contributed by atoms with Crippen LogP contribution >= 0.6 is 0 Å². The van der Waals surface area contributed by atoms with Crippen molar-refractivity contribution in [2.45, 2.75) is 19.9 Å². The van der Waals surface area contributed by atoms with Crippen molar-refractivity contribution in [1.82, 2.24) is 14.8 Å². The van der Waals surface area contributed by atoms with Crippen LogP contribution in [0.5, 0.6) is 0 Å². The molecule has 1 aliphatic rings. The van der Waals surface area contributed by atoms with Gasteiger partial charge >= 0.3 is 5.97 Å². The zero-order chi connectivity index (χ0) is 24.4. The van der Waals surface area contributed by atoms with Crippen LogP contribution in [0.15, 0.2) is 60.1 Å². The molecule has 0 bridgehead atoms. The van der Waals surface area contributed by atoms with E-state index in [-0.39, 0.29) is 30.4 Å². The molecule has 11 heteroatoms. The number of aromatic nitrogens is 3. The van der Waals surface area contributed by atoms with Gasteiger partial charge in [-0.25, -0.2) is 22.6 Å². The summed E-state index contributed by atoms with van der Waals surface area (Å²) in [5, 5.41) is 6.55. The summed E-state index contributed by atoms with van der Waals surface area (Å²) < 4.78 is 47.7. The normalized spacial score (nSPS) is 15.2. The van der Waals surface area contributed by atoms with Crippen molar-refractivity contribution in [3.63, 3.8) is 0 Å². The molecular formula is C23H20F3N5O3. The minimum absolute atomic E-state index is 0.106. The Labute approximate surface area is 192 Å². The van der Waals surface area contributed by atoms with Crippen LogP contribution in [0.1, 0.15) is 25.5 Å². The van der Waals surface area contributed by atoms with E-state index < -0.39 is 35.4 Å². The lowest BCUT2D eigenvalue weighted by molar-refractivity contribution is -0.139. The van der Waals surface area contributed by atoms with Gasteiger partial charge in [-0.2, -0.15) is 10.1 Å². The highest BCUT2D eigenvalue weighted by Gasteiger charge is 2.38. The van der Waals surface area contributed by atoms with Crippen LogP contribution in [0.2, 0.25) is 0 Å². The number of hydrogen-bond donors (Lipinski definition) is 1. The van der Waals surface area contributed by atoms with Gasteiger partial charge in [-0.15, -0.1) is 0 Å². The fourth-order valence-corrected chi connectivity index (χ4v) is 3.77. The van der Waals surface area contributed by atoms with Gasteiger partial charge in [0, 0.05) is 11.8 Å². The van der Waals surface area contributed by atoms with E-state index in [0.29, 0.717) is 11.3 Å². The zero-order valence-corrected chi connectivity index (χ0v) is 18.3. The van der Waals surface area contributed by atoms with Crippen LogP contribution in [0.3, 0.4) is 0 Å². The number of nitrogens with one attached hydrogen (secondary N) is 1. The molecule has 8 nitrogen and oxygen atoms in total. The van der Waals surface area contributed by atoms with Crippen LogP contribution in [0.4, 0.5) is 24.8 Å². The van der Waals surface area contributed by atoms with E-state index in [0.717, 1.165) is 18.2 Å². The summed E-state index contributed by atoms with van der Waals surface area (Å²) in [5.41, 5.74) is 0.765. The van der Waals surface area contributed by atoms with E-state index in [1.165, 1.54) is 40.2 Å². The molecule has 0 spiro atoms. The highest BCUT2D eigenvalue weighted by Crippen LogP contribution is 2.38. The van der Waals surface area contributed by atoms with Crippen molar-refractivity contribution in [3.05, 3.63) is 83.1 Å². The molecule has 0 saturated heterocycles. The second-order valence-electron chi connectivity index (χ2n) is 7.44. The molecule has 2 heterocycles. The first-order valence-corrected chi connectivity index (χ1v) is 10.4. The van der Waals surface area contributed by atoms with Gasteiger partial charge in [0.15, 0.2) is 0 Å². The van der Waals surface area contributed by atoms with Crippen molar-refractivity contribution < 1.29 is 27.5 Å². The molecule has 34 heavy (non-hydrogen) atoms. The van der Waals surface area contributed by atoms with E-state index in [1.807, 2.05) is 0 Å². The number of benzene rings is 2. The SMILES string of the molecule is CCOC(=O)C1=C(C)N(CC(=O)Nc2cc(F)ccc2F)c2ncnn2[C@@H]1c1ccc(F)cc1. The van der Waals surface area contributed by atoms with Crippen molar-refractivity contribution in [2.24, 2.45) is 0 Å². The minimum Gasteiger partial charge on any atom is -0.463 e. The smallest absolute Gasteiger partial charge is 0.338 e. The number of anilines is 2. The van der Waals surface area contributed by atoms with Crippen molar-refractivity contribution in [2.75, 3.05) is 23.4 Å². The minimum atomic E-state index is -0.799. The quantitative estimate of drug-likeness (QED) is 0.553. The van der Waals surface area contributed by atoms with Crippen LogP contribution < -0.4 is 10.2 Å². The Kier molecular flexibility index (Phi) is 6.35. The molecule has 2 aromatic carbocycles. The third kappa shape index (κ3) is 4.36. The molecule has 1 aromatic heterocycles. The maximum absolute atomic E-state index is 14.0. The molecule has 1 N–H and O–H groups in total. The lowest BCUT2D eigenvalue weighted by Gasteiger charge is -2.35. The Morgan fingerprint density at radius 1 is 1.09 bits per heavy atom. The molecule has 0 unspecified atom stereocenters. The first kappa shape index (κ1) is 23.0. The number of carbonyl (C=O) groups excluding carboxylic acids is 2. The molecule has 0 fully saturated rings. The van der Waals surface area contributed by atoms with Gasteiger partial charge in [-0.3, -0.25) is 4.79 Å². The number of esters is 1. The third-order valence-electron chi connectivity index (χ3n) is 5.29. The number of ether oxygens (including phenoxy) is 1. The van der Waals surface area contributed by atoms with Crippen LogP contribution in [0, 0.1) is 17.5 Å². The Bertz CT molecular complexity index is 1270. The molecule has 0 saturated carbocycles. The van der Waals surface area contributed by atoms with E-state index in [1.54, 1.807) is 13.8 Å². The first-order chi connectivity index (χ1) is 16.3. The number of fused-ring (bicyclic) bond motifs is 1. The first-order valence-electron chi connectivity index (χ1n) is 10.4. The summed E-state index contributed by atoms with van der Waals surface area (Å²) in [5.74, 6) is -3.04. The van der Waals surface area contributed by atoms with Crippen LogP contribution in [0.25, 0.3) is 0 Å². The summed E-state index contributed by atoms with van der Waals surface area (Å²) in [4.78, 5) is 31.3. The predicted molar refractivity (Wildman–Crippen MR) is 116 cm³/mol. The van der Waals surface area contributed by atoms with E-state index in [9.17, 15) is 22.8 Å². The molecule has 4 rings (SSSR count). The highest BCUT2D eigenvalue weighted by molar-refractivity contribution is 5.96. The average Bonchev–Trinajstić information content (AvgIpc) is 3.28. The van der Waals surface area contributed by atoms with Gasteiger partial charge < -0.3 is 15.0 Å². The van der Waals surface area contributed by atoms with Gasteiger partial charge in [-0.05, 0) is 43.7 Å². The van der Waals surface area contributed by atoms with E-state index in [4.69, 9.17) is 4.74 Å². The number of amides is 1. The van der Waals surface area contributed by atoms with Crippen molar-refractivity contribution in [1.29, 1.82) is 0 Å². The summed E-state index contributed by atoms with van der Waals surface area (Å²) in [6.07, 6.45) is 1.25. The maximum atomic E-state index is 14.0. The topological polar surface area (TPSA) is 89.3 Å².